The highest BCUT2D eigenvalue weighted by atomic mass is 19.1. The first-order chi connectivity index (χ1) is 15.0. The van der Waals surface area contributed by atoms with Crippen molar-refractivity contribution in [2.24, 2.45) is 4.99 Å². The molecule has 0 saturated heterocycles. The summed E-state index contributed by atoms with van der Waals surface area (Å²) >= 11 is 0. The summed E-state index contributed by atoms with van der Waals surface area (Å²) in [6.07, 6.45) is 4.94. The average Bonchev–Trinajstić information content (AvgIpc) is 3.37. The third-order valence-electron chi connectivity index (χ3n) is 4.71. The number of amides is 1. The fourth-order valence-corrected chi connectivity index (χ4v) is 3.08. The molecule has 3 aromatic heterocycles. The number of nitrogens with zero attached hydrogens (tertiary/aromatic N) is 4. The number of carbonyl (C=O) groups excluding carboxylic acids is 1. The van der Waals surface area contributed by atoms with Gasteiger partial charge in [0, 0.05) is 16.8 Å². The first kappa shape index (κ1) is 18.7. The Labute approximate surface area is 172 Å². The van der Waals surface area contributed by atoms with Crippen LogP contribution in [0.1, 0.15) is 28.9 Å². The summed E-state index contributed by atoms with van der Waals surface area (Å²) < 4.78 is 15.0. The van der Waals surface area contributed by atoms with E-state index in [1.807, 2.05) is 0 Å². The summed E-state index contributed by atoms with van der Waals surface area (Å²) in [5.74, 6) is -1.15. The van der Waals surface area contributed by atoms with Gasteiger partial charge < -0.3 is 15.4 Å². The van der Waals surface area contributed by atoms with Crippen molar-refractivity contribution in [3.8, 4) is 5.88 Å². The second-order valence-corrected chi connectivity index (χ2v) is 7.15. The van der Waals surface area contributed by atoms with Crippen molar-refractivity contribution in [2.45, 2.75) is 18.9 Å². The van der Waals surface area contributed by atoms with Crippen LogP contribution in [-0.4, -0.2) is 41.6 Å². The van der Waals surface area contributed by atoms with Crippen LogP contribution in [0.5, 0.6) is 5.88 Å². The highest BCUT2D eigenvalue weighted by Crippen LogP contribution is 2.22. The van der Waals surface area contributed by atoms with Gasteiger partial charge in [-0.1, -0.05) is 6.07 Å². The number of aromatic amines is 2. The molecule has 0 bridgehead atoms. The van der Waals surface area contributed by atoms with Crippen molar-refractivity contribution in [1.82, 2.24) is 24.6 Å². The number of hydrogen-bond donors (Lipinski definition) is 4. The van der Waals surface area contributed by atoms with Crippen LogP contribution in [0.4, 0.5) is 10.2 Å². The molecule has 0 radical (unpaired) electrons. The van der Waals surface area contributed by atoms with Crippen LogP contribution < -0.4 is 21.7 Å². The highest BCUT2D eigenvalue weighted by Gasteiger charge is 2.20. The number of carbonyl (C=O) groups is 1. The van der Waals surface area contributed by atoms with E-state index in [4.69, 9.17) is 0 Å². The van der Waals surface area contributed by atoms with Gasteiger partial charge in [-0.05, 0) is 37.1 Å². The predicted molar refractivity (Wildman–Crippen MR) is 108 cm³/mol. The van der Waals surface area contributed by atoms with E-state index in [9.17, 15) is 19.1 Å². The Kier molecular flexibility index (Phi) is 4.35. The summed E-state index contributed by atoms with van der Waals surface area (Å²) in [5.41, 5.74) is 0.612. The molecule has 4 aromatic rings. The van der Waals surface area contributed by atoms with Crippen molar-refractivity contribution in [3.63, 3.8) is 0 Å². The molecule has 156 valence electrons. The minimum atomic E-state index is -0.555. The quantitative estimate of drug-likeness (QED) is 0.379. The molecule has 4 N–H and O–H groups in total. The van der Waals surface area contributed by atoms with Crippen LogP contribution in [0.3, 0.4) is 0 Å². The van der Waals surface area contributed by atoms with E-state index >= 15 is 0 Å². The maximum atomic E-state index is 13.5. The molecule has 0 spiro atoms. The number of halogens is 1. The summed E-state index contributed by atoms with van der Waals surface area (Å²) in [6, 6.07) is 7.10. The molecule has 1 aliphatic rings. The Morgan fingerprint density at radius 1 is 1.32 bits per heavy atom. The second kappa shape index (κ2) is 7.20. The number of anilines is 1. The summed E-state index contributed by atoms with van der Waals surface area (Å²) in [4.78, 5) is 37.7. The van der Waals surface area contributed by atoms with Gasteiger partial charge >= 0.3 is 5.69 Å². The van der Waals surface area contributed by atoms with Crippen molar-refractivity contribution in [1.29, 1.82) is 0 Å². The number of rotatable bonds is 4. The van der Waals surface area contributed by atoms with Gasteiger partial charge in [0.1, 0.15) is 17.3 Å². The smallest absolute Gasteiger partial charge is 0.326 e. The molecule has 1 fully saturated rings. The van der Waals surface area contributed by atoms with Gasteiger partial charge in [-0.25, -0.2) is 14.2 Å². The fraction of sp³-hybridized carbons (Fsp3) is 0.150. The Morgan fingerprint density at radius 2 is 2.16 bits per heavy atom. The van der Waals surface area contributed by atoms with Crippen molar-refractivity contribution in [2.75, 3.05) is 5.32 Å². The molecule has 0 aliphatic heterocycles. The molecular formula is C20H16FN7O3. The zero-order valence-corrected chi connectivity index (χ0v) is 16.0. The molecule has 11 heteroatoms. The lowest BCUT2D eigenvalue weighted by Gasteiger charge is -2.06. The van der Waals surface area contributed by atoms with E-state index in [1.165, 1.54) is 35.0 Å². The highest BCUT2D eigenvalue weighted by molar-refractivity contribution is 6.03. The minimum Gasteiger partial charge on any atom is -0.493 e. The molecule has 1 aromatic carbocycles. The van der Waals surface area contributed by atoms with Gasteiger partial charge in [-0.3, -0.25) is 14.8 Å². The largest absolute Gasteiger partial charge is 0.493 e. The second-order valence-electron chi connectivity index (χ2n) is 7.15. The van der Waals surface area contributed by atoms with E-state index in [2.05, 4.69) is 30.4 Å². The van der Waals surface area contributed by atoms with E-state index in [0.29, 0.717) is 16.4 Å². The lowest BCUT2D eigenvalue weighted by molar-refractivity contribution is 0.102. The molecule has 3 heterocycles. The number of nitrogens with one attached hydrogen (secondary N) is 3. The summed E-state index contributed by atoms with van der Waals surface area (Å²) in [5, 5.41) is 17.3. The van der Waals surface area contributed by atoms with Gasteiger partial charge in [0.25, 0.3) is 5.91 Å². The monoisotopic (exact) mass is 421 g/mol. The number of imidazole rings is 1. The predicted octanol–water partition coefficient (Wildman–Crippen LogP) is 0.453. The van der Waals surface area contributed by atoms with Crippen LogP contribution >= 0.6 is 0 Å². The van der Waals surface area contributed by atoms with Crippen molar-refractivity contribution in [3.05, 3.63) is 74.8 Å². The van der Waals surface area contributed by atoms with Gasteiger partial charge in [0.2, 0.25) is 5.88 Å². The topological polar surface area (TPSA) is 141 Å². The molecule has 31 heavy (non-hydrogen) atoms. The Morgan fingerprint density at radius 3 is 2.87 bits per heavy atom. The lowest BCUT2D eigenvalue weighted by Crippen LogP contribution is -2.22. The van der Waals surface area contributed by atoms with Crippen LogP contribution in [0.25, 0.3) is 11.7 Å². The number of hydrogen-bond acceptors (Lipinski definition) is 6. The first-order valence-electron chi connectivity index (χ1n) is 9.49. The number of aromatic nitrogens is 5. The summed E-state index contributed by atoms with van der Waals surface area (Å²) in [6.45, 7) is 0. The lowest BCUT2D eigenvalue weighted by atomic mass is 10.2. The van der Waals surface area contributed by atoms with Gasteiger partial charge in [-0.2, -0.15) is 9.61 Å². The van der Waals surface area contributed by atoms with Crippen molar-refractivity contribution >= 4 is 23.4 Å². The van der Waals surface area contributed by atoms with E-state index in [-0.39, 0.29) is 29.0 Å². The maximum absolute atomic E-state index is 13.5. The number of benzene rings is 1. The standard InChI is InChI=1S/C20H16FN7O3/c21-12-3-1-2-10(6-12)18(29)26-15-8-16(23-13-4-5-13)28-17(25-15)11(9-22-28)7-14-19(30)27-20(31)24-14/h1-3,6-9,13,30H,4-5H2,(H,26,29)(H2,24,27,31). The van der Waals surface area contributed by atoms with E-state index < -0.39 is 17.4 Å². The molecule has 1 amide bonds. The summed E-state index contributed by atoms with van der Waals surface area (Å²) in [7, 11) is 0. The van der Waals surface area contributed by atoms with Crippen LogP contribution in [0.2, 0.25) is 0 Å². The van der Waals surface area contributed by atoms with Gasteiger partial charge in [-0.15, -0.1) is 0 Å². The molecule has 0 unspecified atom stereocenters. The minimum absolute atomic E-state index is 0.150. The first-order valence-corrected chi connectivity index (χ1v) is 9.49. The zero-order chi connectivity index (χ0) is 21.5. The SMILES string of the molecule is O=C(Nc1cc(=NC2CC2)n2ncc(=Cc3[nH]c(=O)[nH]c3O)c2n1)c1cccc(F)c1. The van der Waals surface area contributed by atoms with Gasteiger partial charge in [0.05, 0.1) is 12.2 Å². The maximum Gasteiger partial charge on any atom is 0.326 e. The average molecular weight is 421 g/mol. The Hall–Kier alpha value is -4.28. The van der Waals surface area contributed by atoms with Crippen LogP contribution in [0.15, 0.2) is 46.3 Å². The van der Waals surface area contributed by atoms with E-state index in [0.717, 1.165) is 18.9 Å². The zero-order valence-electron chi connectivity index (χ0n) is 16.0. The fourth-order valence-electron chi connectivity index (χ4n) is 3.08. The number of H-pyrrole nitrogens is 2. The Balaban J connectivity index is 1.63. The number of aromatic hydroxyl groups is 1. The van der Waals surface area contributed by atoms with Gasteiger partial charge in [0.15, 0.2) is 11.1 Å². The molecular weight excluding hydrogens is 405 g/mol. The van der Waals surface area contributed by atoms with Crippen LogP contribution in [0, 0.1) is 5.82 Å². The third kappa shape index (κ3) is 3.80. The molecule has 0 atom stereocenters. The molecule has 5 rings (SSSR count). The van der Waals surface area contributed by atoms with Crippen LogP contribution in [-0.2, 0) is 0 Å². The van der Waals surface area contributed by atoms with E-state index in [1.54, 1.807) is 6.07 Å². The van der Waals surface area contributed by atoms with Crippen molar-refractivity contribution < 1.29 is 14.3 Å². The number of fused-ring (bicyclic) bond motifs is 1. The molecule has 1 aliphatic carbocycles. The molecule has 10 nitrogen and oxygen atoms in total. The Bertz CT molecular complexity index is 1500. The molecule has 1 saturated carbocycles. The third-order valence-corrected chi connectivity index (χ3v) is 4.71. The normalized spacial score (nSPS) is 15.0.